The molecule has 1 heterocycles. The van der Waals surface area contributed by atoms with Crippen LogP contribution in [0.25, 0.3) is 0 Å². The first-order chi connectivity index (χ1) is 6.43. The Balaban J connectivity index is 3.31. The second-order valence-corrected chi connectivity index (χ2v) is 3.87. The van der Waals surface area contributed by atoms with Gasteiger partial charge in [0.15, 0.2) is 0 Å². The SMILES string of the molecule is Nc1nc(C(F)F)c(I)cc1C(=O)Cl. The number of anilines is 1. The molecule has 0 saturated heterocycles. The summed E-state index contributed by atoms with van der Waals surface area (Å²) in [4.78, 5) is 14.2. The molecule has 0 fully saturated rings. The lowest BCUT2D eigenvalue weighted by molar-refractivity contribution is 0.108. The smallest absolute Gasteiger partial charge is 0.281 e. The van der Waals surface area contributed by atoms with Gasteiger partial charge in [0.05, 0.1) is 5.56 Å². The molecule has 0 amide bonds. The van der Waals surface area contributed by atoms with E-state index in [0.717, 1.165) is 0 Å². The van der Waals surface area contributed by atoms with Crippen LogP contribution in [0.15, 0.2) is 6.07 Å². The molecule has 0 atom stereocenters. The van der Waals surface area contributed by atoms with Crippen molar-refractivity contribution >= 4 is 45.3 Å². The Morgan fingerprint density at radius 2 is 2.21 bits per heavy atom. The molecule has 1 aromatic heterocycles. The quantitative estimate of drug-likeness (QED) is 0.669. The number of halogens is 4. The highest BCUT2D eigenvalue weighted by Gasteiger charge is 2.18. The molecule has 1 rings (SSSR count). The molecular formula is C7H4ClF2IN2O. The van der Waals surface area contributed by atoms with Gasteiger partial charge in [-0.25, -0.2) is 13.8 Å². The van der Waals surface area contributed by atoms with Gasteiger partial charge in [-0.15, -0.1) is 0 Å². The summed E-state index contributed by atoms with van der Waals surface area (Å²) in [5.74, 6) is -0.277. The van der Waals surface area contributed by atoms with Crippen molar-refractivity contribution in [3.63, 3.8) is 0 Å². The van der Waals surface area contributed by atoms with Crippen LogP contribution in [0.3, 0.4) is 0 Å². The maximum absolute atomic E-state index is 12.3. The molecule has 3 nitrogen and oxygen atoms in total. The molecule has 0 saturated carbocycles. The fraction of sp³-hybridized carbons (Fsp3) is 0.143. The Labute approximate surface area is 96.8 Å². The van der Waals surface area contributed by atoms with E-state index < -0.39 is 17.4 Å². The zero-order chi connectivity index (χ0) is 10.9. The lowest BCUT2D eigenvalue weighted by atomic mass is 10.2. The highest BCUT2D eigenvalue weighted by Crippen LogP contribution is 2.26. The molecule has 0 spiro atoms. The predicted octanol–water partition coefficient (Wildman–Crippen LogP) is 2.58. The lowest BCUT2D eigenvalue weighted by Gasteiger charge is -2.06. The van der Waals surface area contributed by atoms with Crippen molar-refractivity contribution < 1.29 is 13.6 Å². The first-order valence-corrected chi connectivity index (χ1v) is 4.83. The van der Waals surface area contributed by atoms with Crippen molar-refractivity contribution in [3.05, 3.63) is 20.9 Å². The van der Waals surface area contributed by atoms with Gasteiger partial charge in [0.2, 0.25) is 0 Å². The van der Waals surface area contributed by atoms with E-state index in [1.54, 1.807) is 22.6 Å². The van der Waals surface area contributed by atoms with Crippen LogP contribution >= 0.6 is 34.2 Å². The third-order valence-electron chi connectivity index (χ3n) is 1.45. The molecular weight excluding hydrogens is 328 g/mol. The average Bonchev–Trinajstić information content (AvgIpc) is 2.07. The van der Waals surface area contributed by atoms with Crippen LogP contribution in [0.4, 0.5) is 14.6 Å². The van der Waals surface area contributed by atoms with Crippen LogP contribution in [0.2, 0.25) is 0 Å². The fourth-order valence-electron chi connectivity index (χ4n) is 0.828. The van der Waals surface area contributed by atoms with Crippen LogP contribution in [-0.4, -0.2) is 10.2 Å². The molecule has 2 N–H and O–H groups in total. The third kappa shape index (κ3) is 2.30. The van der Waals surface area contributed by atoms with Crippen LogP contribution in [0.1, 0.15) is 22.5 Å². The number of rotatable bonds is 2. The number of nitrogen functional groups attached to an aromatic ring is 1. The van der Waals surface area contributed by atoms with E-state index in [9.17, 15) is 13.6 Å². The molecule has 0 aliphatic carbocycles. The summed E-state index contributed by atoms with van der Waals surface area (Å²) in [6, 6.07) is 1.19. The minimum Gasteiger partial charge on any atom is -0.383 e. The molecule has 0 aliphatic rings. The van der Waals surface area contributed by atoms with Crippen molar-refractivity contribution in [3.8, 4) is 0 Å². The first-order valence-electron chi connectivity index (χ1n) is 3.37. The zero-order valence-corrected chi connectivity index (χ0v) is 9.51. The van der Waals surface area contributed by atoms with E-state index in [1.165, 1.54) is 6.07 Å². The van der Waals surface area contributed by atoms with Gasteiger partial charge in [-0.1, -0.05) is 0 Å². The van der Waals surface area contributed by atoms with Crippen LogP contribution in [0.5, 0.6) is 0 Å². The van der Waals surface area contributed by atoms with Gasteiger partial charge in [-0.05, 0) is 40.3 Å². The Hall–Kier alpha value is -0.500. The molecule has 0 unspecified atom stereocenters. The second kappa shape index (κ2) is 4.35. The van der Waals surface area contributed by atoms with Gasteiger partial charge in [-0.3, -0.25) is 4.79 Å². The van der Waals surface area contributed by atoms with Crippen molar-refractivity contribution in [1.29, 1.82) is 0 Å². The zero-order valence-electron chi connectivity index (χ0n) is 6.60. The molecule has 14 heavy (non-hydrogen) atoms. The highest BCUT2D eigenvalue weighted by molar-refractivity contribution is 14.1. The first kappa shape index (κ1) is 11.6. The van der Waals surface area contributed by atoms with Gasteiger partial charge in [0.1, 0.15) is 11.5 Å². The van der Waals surface area contributed by atoms with Crippen molar-refractivity contribution in [2.75, 3.05) is 5.73 Å². The average molecular weight is 332 g/mol. The summed E-state index contributed by atoms with van der Waals surface area (Å²) < 4.78 is 24.8. The molecule has 0 aliphatic heterocycles. The molecule has 76 valence electrons. The van der Waals surface area contributed by atoms with Gasteiger partial charge >= 0.3 is 0 Å². The van der Waals surface area contributed by atoms with Gasteiger partial charge in [0.25, 0.3) is 11.7 Å². The molecule has 0 bridgehead atoms. The number of hydrogen-bond acceptors (Lipinski definition) is 3. The maximum atomic E-state index is 12.3. The van der Waals surface area contributed by atoms with E-state index in [1.807, 2.05) is 0 Å². The van der Waals surface area contributed by atoms with Gasteiger partial charge in [0, 0.05) is 3.57 Å². The topological polar surface area (TPSA) is 56.0 Å². The number of pyridine rings is 1. The predicted molar refractivity (Wildman–Crippen MR) is 56.5 cm³/mol. The minimum atomic E-state index is -2.72. The lowest BCUT2D eigenvalue weighted by Crippen LogP contribution is -2.06. The maximum Gasteiger partial charge on any atom is 0.281 e. The summed E-state index contributed by atoms with van der Waals surface area (Å²) in [7, 11) is 0. The number of nitrogens with zero attached hydrogens (tertiary/aromatic N) is 1. The molecule has 1 aromatic rings. The third-order valence-corrected chi connectivity index (χ3v) is 2.52. The summed E-state index contributed by atoms with van der Waals surface area (Å²) in [6.45, 7) is 0. The summed E-state index contributed by atoms with van der Waals surface area (Å²) in [5, 5.41) is -0.811. The van der Waals surface area contributed by atoms with Crippen molar-refractivity contribution in [1.82, 2.24) is 4.98 Å². The van der Waals surface area contributed by atoms with Crippen LogP contribution in [0, 0.1) is 3.57 Å². The summed E-state index contributed by atoms with van der Waals surface area (Å²) >= 11 is 6.80. The highest BCUT2D eigenvalue weighted by atomic mass is 127. The molecule has 0 radical (unpaired) electrons. The number of alkyl halides is 2. The number of carbonyl (C=O) groups excluding carboxylic acids is 1. The second-order valence-electron chi connectivity index (χ2n) is 2.36. The Morgan fingerprint density at radius 1 is 1.64 bits per heavy atom. The molecule has 0 aromatic carbocycles. The van der Waals surface area contributed by atoms with E-state index >= 15 is 0 Å². The van der Waals surface area contributed by atoms with E-state index in [-0.39, 0.29) is 15.0 Å². The normalized spacial score (nSPS) is 10.6. The van der Waals surface area contributed by atoms with Gasteiger partial charge < -0.3 is 5.73 Å². The standard InChI is InChI=1S/C7H4ClF2IN2O/c8-5(14)2-1-3(11)4(6(9)10)13-7(2)12/h1,6H,(H2,12,13). The summed E-state index contributed by atoms with van der Waals surface area (Å²) in [5.41, 5.74) is 4.78. The number of hydrogen-bond donors (Lipinski definition) is 1. The number of carbonyl (C=O) groups is 1. The fourth-order valence-corrected chi connectivity index (χ4v) is 1.65. The van der Waals surface area contributed by atoms with Crippen LogP contribution in [-0.2, 0) is 0 Å². The van der Waals surface area contributed by atoms with Crippen molar-refractivity contribution in [2.24, 2.45) is 0 Å². The molecule has 7 heteroatoms. The number of aromatic nitrogens is 1. The Morgan fingerprint density at radius 3 is 2.64 bits per heavy atom. The summed E-state index contributed by atoms with van der Waals surface area (Å²) in [6.07, 6.45) is -2.72. The van der Waals surface area contributed by atoms with Crippen molar-refractivity contribution in [2.45, 2.75) is 6.43 Å². The van der Waals surface area contributed by atoms with E-state index in [0.29, 0.717) is 0 Å². The van der Waals surface area contributed by atoms with E-state index in [4.69, 9.17) is 17.3 Å². The Kier molecular flexibility index (Phi) is 3.59. The van der Waals surface area contributed by atoms with E-state index in [2.05, 4.69) is 4.98 Å². The minimum absolute atomic E-state index is 0.0551. The van der Waals surface area contributed by atoms with Crippen LogP contribution < -0.4 is 5.73 Å². The largest absolute Gasteiger partial charge is 0.383 e. The Bertz CT molecular complexity index is 386. The van der Waals surface area contributed by atoms with Gasteiger partial charge in [-0.2, -0.15) is 0 Å². The number of nitrogens with two attached hydrogens (primary N) is 1. The monoisotopic (exact) mass is 332 g/mol.